The number of aryl methyl sites for hydroxylation is 1. The number of aromatic hydroxyl groups is 1. The van der Waals surface area contributed by atoms with E-state index in [1.165, 1.54) is 11.6 Å². The van der Waals surface area contributed by atoms with Crippen LogP contribution in [0, 0.1) is 0 Å². The van der Waals surface area contributed by atoms with Gasteiger partial charge in [0.15, 0.2) is 11.2 Å². The highest BCUT2D eigenvalue weighted by Gasteiger charge is 2.23. The molecule has 0 radical (unpaired) electrons. The van der Waals surface area contributed by atoms with Crippen LogP contribution < -0.4 is 11.2 Å². The van der Waals surface area contributed by atoms with Gasteiger partial charge in [-0.25, -0.2) is 4.79 Å². The van der Waals surface area contributed by atoms with Crippen molar-refractivity contribution in [3.8, 4) is 22.7 Å². The Hall–Kier alpha value is -3.49. The molecular weight excluding hydrogens is 441 g/mol. The van der Waals surface area contributed by atoms with Gasteiger partial charge in [-0.3, -0.25) is 22.9 Å². The maximum absolute atomic E-state index is 12.9. The average Bonchev–Trinajstić information content (AvgIpc) is 3.27. The minimum Gasteiger partial charge on any atom is -0.506 e. The molecule has 10 heteroatoms. The molecule has 0 saturated carbocycles. The van der Waals surface area contributed by atoms with Crippen LogP contribution >= 0.6 is 23.2 Å². The highest BCUT2D eigenvalue weighted by molar-refractivity contribution is 6.36. The molecule has 0 unspecified atom stereocenters. The van der Waals surface area contributed by atoms with E-state index in [1.807, 2.05) is 0 Å². The third kappa shape index (κ3) is 2.72. The lowest BCUT2D eigenvalue weighted by Crippen LogP contribution is -2.37. The van der Waals surface area contributed by atoms with E-state index in [4.69, 9.17) is 23.2 Å². The molecule has 3 aromatic heterocycles. The van der Waals surface area contributed by atoms with Crippen molar-refractivity contribution in [3.05, 3.63) is 79.5 Å². The number of imidazole rings is 2. The molecule has 31 heavy (non-hydrogen) atoms. The number of hydrogen-bond donors (Lipinski definition) is 1. The minimum absolute atomic E-state index is 0.0146. The van der Waals surface area contributed by atoms with Crippen molar-refractivity contribution in [2.75, 3.05) is 0 Å². The molecule has 0 amide bonds. The summed E-state index contributed by atoms with van der Waals surface area (Å²) in [5, 5.41) is 11.4. The summed E-state index contributed by atoms with van der Waals surface area (Å²) >= 11 is 12.5. The Morgan fingerprint density at radius 3 is 2.45 bits per heavy atom. The molecule has 1 N–H and O–H groups in total. The number of para-hydroxylation sites is 2. The van der Waals surface area contributed by atoms with Crippen LogP contribution in [-0.4, -0.2) is 28.2 Å². The van der Waals surface area contributed by atoms with Gasteiger partial charge in [-0.15, -0.1) is 0 Å². The summed E-state index contributed by atoms with van der Waals surface area (Å²) in [6.45, 7) is 0. The summed E-state index contributed by atoms with van der Waals surface area (Å²) < 4.78 is 5.63. The number of fused-ring (bicyclic) bond motifs is 3. The van der Waals surface area contributed by atoms with Gasteiger partial charge in [-0.05, 0) is 30.3 Å². The molecule has 0 aliphatic carbocycles. The Labute approximate surface area is 184 Å². The third-order valence-corrected chi connectivity index (χ3v) is 5.84. The Kier molecular flexibility index (Phi) is 4.25. The highest BCUT2D eigenvalue weighted by atomic mass is 35.5. The standard InChI is InChI=1S/C21H15Cl2N5O3/c1-25-18-17(19(30)26(2)21(25)31)27-10-15(12-8-7-11(22)9-13(12)23)28(20(27)24-18)14-5-3-4-6-16(14)29/h3-10,29H,1-2H3. The minimum atomic E-state index is -0.478. The summed E-state index contributed by atoms with van der Waals surface area (Å²) in [6.07, 6.45) is 1.71. The molecule has 156 valence electrons. The Balaban J connectivity index is 2.01. The van der Waals surface area contributed by atoms with Crippen molar-refractivity contribution in [2.45, 2.75) is 0 Å². The van der Waals surface area contributed by atoms with E-state index >= 15 is 0 Å². The lowest BCUT2D eigenvalue weighted by atomic mass is 10.1. The SMILES string of the molecule is Cn1c(=O)c2c(nc3n(-c4ccccc4O)c(-c4ccc(Cl)cc4Cl)cn23)n(C)c1=O. The molecule has 2 aromatic carbocycles. The first kappa shape index (κ1) is 19.5. The van der Waals surface area contributed by atoms with Crippen LogP contribution in [0.3, 0.4) is 0 Å². The van der Waals surface area contributed by atoms with Gasteiger partial charge in [0.05, 0.1) is 16.4 Å². The maximum atomic E-state index is 12.9. The first-order valence-electron chi connectivity index (χ1n) is 9.23. The fourth-order valence-electron chi connectivity index (χ4n) is 3.75. The number of hydrogen-bond acceptors (Lipinski definition) is 4. The van der Waals surface area contributed by atoms with Gasteiger partial charge in [0.25, 0.3) is 5.56 Å². The Morgan fingerprint density at radius 1 is 1.00 bits per heavy atom. The number of phenolic OH excluding ortho intramolecular Hbond substituents is 1. The van der Waals surface area contributed by atoms with Crippen LogP contribution in [0.5, 0.6) is 5.75 Å². The van der Waals surface area contributed by atoms with Gasteiger partial charge in [-0.2, -0.15) is 4.98 Å². The normalized spacial score (nSPS) is 11.6. The molecule has 8 nitrogen and oxygen atoms in total. The van der Waals surface area contributed by atoms with E-state index in [9.17, 15) is 14.7 Å². The van der Waals surface area contributed by atoms with Crippen LogP contribution in [0.2, 0.25) is 10.0 Å². The van der Waals surface area contributed by atoms with Gasteiger partial charge in [0.2, 0.25) is 5.78 Å². The van der Waals surface area contributed by atoms with Gasteiger partial charge >= 0.3 is 5.69 Å². The number of rotatable bonds is 2. The molecule has 0 saturated heterocycles. The van der Waals surface area contributed by atoms with Gasteiger partial charge in [0, 0.05) is 30.9 Å². The topological polar surface area (TPSA) is 86.5 Å². The zero-order valence-electron chi connectivity index (χ0n) is 16.4. The van der Waals surface area contributed by atoms with Crippen molar-refractivity contribution < 1.29 is 5.11 Å². The van der Waals surface area contributed by atoms with Crippen LogP contribution in [0.4, 0.5) is 0 Å². The number of halogens is 2. The molecule has 0 bridgehead atoms. The van der Waals surface area contributed by atoms with Crippen molar-refractivity contribution in [2.24, 2.45) is 14.1 Å². The maximum Gasteiger partial charge on any atom is 0.332 e. The zero-order valence-corrected chi connectivity index (χ0v) is 17.9. The Bertz CT molecular complexity index is 1640. The number of aromatic nitrogens is 5. The predicted molar refractivity (Wildman–Crippen MR) is 120 cm³/mol. The van der Waals surface area contributed by atoms with Crippen molar-refractivity contribution in [1.29, 1.82) is 0 Å². The van der Waals surface area contributed by atoms with E-state index in [-0.39, 0.29) is 16.9 Å². The van der Waals surface area contributed by atoms with E-state index in [0.29, 0.717) is 32.8 Å². The molecule has 0 atom stereocenters. The number of benzene rings is 2. The van der Waals surface area contributed by atoms with Gasteiger partial charge < -0.3 is 5.11 Å². The second-order valence-electron chi connectivity index (χ2n) is 7.12. The van der Waals surface area contributed by atoms with E-state index in [0.717, 1.165) is 4.57 Å². The molecule has 3 heterocycles. The monoisotopic (exact) mass is 455 g/mol. The van der Waals surface area contributed by atoms with Crippen molar-refractivity contribution in [3.63, 3.8) is 0 Å². The number of nitrogens with zero attached hydrogens (tertiary/aromatic N) is 5. The lowest BCUT2D eigenvalue weighted by molar-refractivity contribution is 0.473. The summed E-state index contributed by atoms with van der Waals surface area (Å²) in [4.78, 5) is 29.9. The van der Waals surface area contributed by atoms with Crippen molar-refractivity contribution >= 4 is 40.1 Å². The second-order valence-corrected chi connectivity index (χ2v) is 7.97. The van der Waals surface area contributed by atoms with Gasteiger partial charge in [0.1, 0.15) is 5.75 Å². The molecular formula is C21H15Cl2N5O3. The first-order valence-corrected chi connectivity index (χ1v) is 9.98. The Morgan fingerprint density at radius 2 is 1.74 bits per heavy atom. The summed E-state index contributed by atoms with van der Waals surface area (Å²) in [7, 11) is 2.97. The van der Waals surface area contributed by atoms with Crippen molar-refractivity contribution in [1.82, 2.24) is 23.1 Å². The molecule has 0 fully saturated rings. The number of phenols is 1. The fraction of sp³-hybridized carbons (Fsp3) is 0.0952. The van der Waals surface area contributed by atoms with Gasteiger partial charge in [-0.1, -0.05) is 35.3 Å². The van der Waals surface area contributed by atoms with Crippen LogP contribution in [0.1, 0.15) is 0 Å². The largest absolute Gasteiger partial charge is 0.506 e. The summed E-state index contributed by atoms with van der Waals surface area (Å²) in [5.41, 5.74) is 1.18. The summed E-state index contributed by atoms with van der Waals surface area (Å²) in [6, 6.07) is 11.8. The quantitative estimate of drug-likeness (QED) is 0.442. The van der Waals surface area contributed by atoms with Crippen LogP contribution in [0.25, 0.3) is 33.9 Å². The molecule has 0 aliphatic heterocycles. The third-order valence-electron chi connectivity index (χ3n) is 5.29. The zero-order chi connectivity index (χ0) is 22.0. The van der Waals surface area contributed by atoms with E-state index < -0.39 is 11.2 Å². The van der Waals surface area contributed by atoms with Crippen LogP contribution in [0.15, 0.2) is 58.3 Å². The molecule has 0 spiro atoms. The first-order chi connectivity index (χ1) is 14.8. The van der Waals surface area contributed by atoms with Crippen LogP contribution in [-0.2, 0) is 14.1 Å². The van der Waals surface area contributed by atoms with E-state index in [1.54, 1.807) is 64.7 Å². The predicted octanol–water partition coefficient (Wildman–Crippen LogP) is 3.36. The second kappa shape index (κ2) is 6.76. The highest BCUT2D eigenvalue weighted by Crippen LogP contribution is 2.36. The van der Waals surface area contributed by atoms with E-state index in [2.05, 4.69) is 4.98 Å². The lowest BCUT2D eigenvalue weighted by Gasteiger charge is -2.12. The smallest absolute Gasteiger partial charge is 0.332 e. The average molecular weight is 456 g/mol. The fourth-order valence-corrected chi connectivity index (χ4v) is 4.25. The molecule has 0 aliphatic rings. The molecule has 5 rings (SSSR count). The summed E-state index contributed by atoms with van der Waals surface area (Å²) in [5.74, 6) is 0.358. The molecule has 5 aromatic rings.